The van der Waals surface area contributed by atoms with Gasteiger partial charge in [-0.3, -0.25) is 9.59 Å². The van der Waals surface area contributed by atoms with Gasteiger partial charge >= 0.3 is 0 Å². The fraction of sp³-hybridized carbons (Fsp3) is 0.333. The molecule has 1 aliphatic rings. The number of nitrogens with zero attached hydrogens (tertiary/aromatic N) is 2. The van der Waals surface area contributed by atoms with Crippen molar-refractivity contribution in [3.05, 3.63) is 70.0 Å². The van der Waals surface area contributed by atoms with Gasteiger partial charge < -0.3 is 19.6 Å². The zero-order valence-electron chi connectivity index (χ0n) is 18.3. The molecule has 0 aromatic heterocycles. The molecule has 1 atom stereocenters. The van der Waals surface area contributed by atoms with Crippen LogP contribution in [-0.2, 0) is 9.59 Å². The van der Waals surface area contributed by atoms with Crippen LogP contribution in [0.5, 0.6) is 5.75 Å². The van der Waals surface area contributed by atoms with Gasteiger partial charge in [-0.2, -0.15) is 0 Å². The highest BCUT2D eigenvalue weighted by Crippen LogP contribution is 2.41. The summed E-state index contributed by atoms with van der Waals surface area (Å²) < 4.78 is 19.0. The summed E-state index contributed by atoms with van der Waals surface area (Å²) in [6.45, 7) is 3.24. The largest absolute Gasteiger partial charge is 0.507 e. The van der Waals surface area contributed by atoms with Crippen molar-refractivity contribution in [3.8, 4) is 5.75 Å². The molecule has 1 unspecified atom stereocenters. The van der Waals surface area contributed by atoms with Crippen LogP contribution in [0.1, 0.15) is 30.5 Å². The number of halogens is 2. The van der Waals surface area contributed by atoms with E-state index in [0.717, 1.165) is 0 Å². The molecule has 1 saturated heterocycles. The summed E-state index contributed by atoms with van der Waals surface area (Å²) in [7, 11) is 3.83. The van der Waals surface area contributed by atoms with Crippen molar-refractivity contribution in [1.82, 2.24) is 9.80 Å². The monoisotopic (exact) mass is 460 g/mol. The molecule has 2 aromatic carbocycles. The number of benzene rings is 2. The number of aliphatic hydroxyl groups is 1. The molecule has 8 heteroatoms. The Morgan fingerprint density at radius 3 is 2.50 bits per heavy atom. The van der Waals surface area contributed by atoms with Crippen LogP contribution in [0, 0.1) is 5.82 Å². The van der Waals surface area contributed by atoms with Crippen LogP contribution in [0.4, 0.5) is 4.39 Å². The van der Waals surface area contributed by atoms with E-state index < -0.39 is 23.5 Å². The number of hydrogen-bond donors (Lipinski definition) is 1. The number of ether oxygens (including phenoxy) is 1. The first-order chi connectivity index (χ1) is 15.2. The maximum absolute atomic E-state index is 13.6. The standard InChI is InChI=1S/C24H26ClFN2O4/c1-4-32-17-10-11-19(25)18(14-17)22(29)20-21(15-6-8-16(26)9-7-15)28(24(31)23(20)30)13-5-12-27(2)3/h6-11,14,21,29H,4-5,12-13H2,1-3H3/b22-20+. The number of hydrogen-bond acceptors (Lipinski definition) is 5. The molecular weight excluding hydrogens is 435 g/mol. The third-order valence-electron chi connectivity index (χ3n) is 5.23. The zero-order chi connectivity index (χ0) is 23.4. The van der Waals surface area contributed by atoms with Crippen LogP contribution >= 0.6 is 11.6 Å². The minimum Gasteiger partial charge on any atom is -0.507 e. The molecule has 0 aliphatic carbocycles. The summed E-state index contributed by atoms with van der Waals surface area (Å²) in [5, 5.41) is 11.4. The van der Waals surface area contributed by atoms with Gasteiger partial charge in [0, 0.05) is 12.1 Å². The van der Waals surface area contributed by atoms with Crippen LogP contribution in [0.3, 0.4) is 0 Å². The SMILES string of the molecule is CCOc1ccc(Cl)c(/C(O)=C2\C(=O)C(=O)N(CCCN(C)C)C2c2ccc(F)cc2)c1. The van der Waals surface area contributed by atoms with Crippen molar-refractivity contribution in [1.29, 1.82) is 0 Å². The highest BCUT2D eigenvalue weighted by molar-refractivity contribution is 6.47. The fourth-order valence-electron chi connectivity index (χ4n) is 3.75. The number of carbonyl (C=O) groups excluding carboxylic acids is 2. The van der Waals surface area contributed by atoms with Gasteiger partial charge in [0.25, 0.3) is 11.7 Å². The highest BCUT2D eigenvalue weighted by atomic mass is 35.5. The molecule has 3 rings (SSSR count). The minimum atomic E-state index is -0.857. The number of Topliss-reactive ketones (excluding diaryl/α,β-unsaturated/α-hetero) is 1. The molecule has 170 valence electrons. The first-order valence-corrected chi connectivity index (χ1v) is 10.7. The molecule has 0 saturated carbocycles. The molecular formula is C24H26ClFN2O4. The van der Waals surface area contributed by atoms with E-state index in [1.807, 2.05) is 25.9 Å². The molecule has 6 nitrogen and oxygen atoms in total. The van der Waals surface area contributed by atoms with E-state index in [2.05, 4.69) is 0 Å². The molecule has 1 heterocycles. The van der Waals surface area contributed by atoms with E-state index in [9.17, 15) is 19.1 Å². The van der Waals surface area contributed by atoms with E-state index in [4.69, 9.17) is 16.3 Å². The zero-order valence-corrected chi connectivity index (χ0v) is 19.0. The average molecular weight is 461 g/mol. The van der Waals surface area contributed by atoms with Crippen LogP contribution < -0.4 is 4.74 Å². The number of ketones is 1. The van der Waals surface area contributed by atoms with Crippen LogP contribution in [-0.4, -0.2) is 60.4 Å². The first kappa shape index (κ1) is 23.8. The Balaban J connectivity index is 2.12. The van der Waals surface area contributed by atoms with E-state index in [0.29, 0.717) is 37.4 Å². The molecule has 1 amide bonds. The fourth-order valence-corrected chi connectivity index (χ4v) is 3.95. The van der Waals surface area contributed by atoms with Crippen molar-refractivity contribution in [2.24, 2.45) is 0 Å². The number of carbonyl (C=O) groups is 2. The predicted octanol–water partition coefficient (Wildman–Crippen LogP) is 4.25. The number of amides is 1. The molecule has 0 spiro atoms. The summed E-state index contributed by atoms with van der Waals surface area (Å²) in [6, 6.07) is 9.43. The first-order valence-electron chi connectivity index (χ1n) is 10.4. The Hall–Kier alpha value is -2.90. The number of rotatable bonds is 8. The van der Waals surface area contributed by atoms with E-state index in [1.54, 1.807) is 12.1 Å². The molecule has 1 N–H and O–H groups in total. The van der Waals surface area contributed by atoms with Crippen LogP contribution in [0.25, 0.3) is 5.76 Å². The van der Waals surface area contributed by atoms with Gasteiger partial charge in [-0.1, -0.05) is 23.7 Å². The van der Waals surface area contributed by atoms with Gasteiger partial charge in [0.1, 0.15) is 17.3 Å². The highest BCUT2D eigenvalue weighted by Gasteiger charge is 2.46. The molecule has 2 aromatic rings. The van der Waals surface area contributed by atoms with Gasteiger partial charge in [0.2, 0.25) is 0 Å². The molecule has 0 bridgehead atoms. The molecule has 0 radical (unpaired) electrons. The lowest BCUT2D eigenvalue weighted by Crippen LogP contribution is -2.32. The Morgan fingerprint density at radius 2 is 1.88 bits per heavy atom. The van der Waals surface area contributed by atoms with Crippen molar-refractivity contribution in [3.63, 3.8) is 0 Å². The lowest BCUT2D eigenvalue weighted by Gasteiger charge is -2.26. The molecule has 32 heavy (non-hydrogen) atoms. The number of likely N-dealkylation sites (tertiary alicyclic amines) is 1. The lowest BCUT2D eigenvalue weighted by molar-refractivity contribution is -0.139. The Bertz CT molecular complexity index is 1040. The Morgan fingerprint density at radius 1 is 1.19 bits per heavy atom. The topological polar surface area (TPSA) is 70.1 Å². The van der Waals surface area contributed by atoms with Gasteiger partial charge in [0.15, 0.2) is 0 Å². The second-order valence-corrected chi connectivity index (χ2v) is 8.18. The molecule has 1 fully saturated rings. The van der Waals surface area contributed by atoms with Crippen molar-refractivity contribution < 1.29 is 23.8 Å². The predicted molar refractivity (Wildman–Crippen MR) is 121 cm³/mol. The van der Waals surface area contributed by atoms with Gasteiger partial charge in [-0.05, 0) is 69.9 Å². The van der Waals surface area contributed by atoms with Crippen molar-refractivity contribution in [2.45, 2.75) is 19.4 Å². The average Bonchev–Trinajstić information content (AvgIpc) is 3.00. The molecule has 1 aliphatic heterocycles. The van der Waals surface area contributed by atoms with Crippen LogP contribution in [0.2, 0.25) is 5.02 Å². The maximum atomic E-state index is 13.6. The summed E-state index contributed by atoms with van der Waals surface area (Å²) in [5.74, 6) is -1.88. The number of aliphatic hydroxyl groups excluding tert-OH is 1. The van der Waals surface area contributed by atoms with Gasteiger partial charge in [-0.25, -0.2) is 4.39 Å². The van der Waals surface area contributed by atoms with Gasteiger partial charge in [0.05, 0.1) is 23.2 Å². The lowest BCUT2D eigenvalue weighted by atomic mass is 9.95. The second kappa shape index (κ2) is 10.1. The van der Waals surface area contributed by atoms with E-state index >= 15 is 0 Å². The third kappa shape index (κ3) is 4.95. The quantitative estimate of drug-likeness (QED) is 0.362. The summed E-state index contributed by atoms with van der Waals surface area (Å²) >= 11 is 6.31. The smallest absolute Gasteiger partial charge is 0.295 e. The summed E-state index contributed by atoms with van der Waals surface area (Å²) in [6.07, 6.45) is 0.623. The second-order valence-electron chi connectivity index (χ2n) is 7.78. The third-order valence-corrected chi connectivity index (χ3v) is 5.56. The van der Waals surface area contributed by atoms with E-state index in [-0.39, 0.29) is 21.9 Å². The summed E-state index contributed by atoms with van der Waals surface area (Å²) in [5.41, 5.74) is 0.632. The maximum Gasteiger partial charge on any atom is 0.295 e. The van der Waals surface area contributed by atoms with Gasteiger partial charge in [-0.15, -0.1) is 0 Å². The van der Waals surface area contributed by atoms with Crippen molar-refractivity contribution in [2.75, 3.05) is 33.8 Å². The van der Waals surface area contributed by atoms with E-state index in [1.165, 1.54) is 35.2 Å². The normalized spacial score (nSPS) is 17.9. The Labute approximate surface area is 191 Å². The minimum absolute atomic E-state index is 0.0815. The Kier molecular flexibility index (Phi) is 7.53. The summed E-state index contributed by atoms with van der Waals surface area (Å²) in [4.78, 5) is 29.3. The van der Waals surface area contributed by atoms with Crippen LogP contribution in [0.15, 0.2) is 48.0 Å². The van der Waals surface area contributed by atoms with Crippen molar-refractivity contribution >= 4 is 29.1 Å².